The monoisotopic (exact) mass is 385 g/mol. The molecule has 0 saturated heterocycles. The molecule has 5 nitrogen and oxygen atoms in total. The molecule has 144 valence electrons. The summed E-state index contributed by atoms with van der Waals surface area (Å²) in [6.07, 6.45) is 0.794. The highest BCUT2D eigenvalue weighted by molar-refractivity contribution is 7.08. The fourth-order valence-corrected chi connectivity index (χ4v) is 3.58. The maximum absolute atomic E-state index is 12.4. The van der Waals surface area contributed by atoms with E-state index in [0.717, 1.165) is 22.6 Å². The van der Waals surface area contributed by atoms with E-state index in [1.807, 2.05) is 49.6 Å². The Bertz CT molecular complexity index is 793. The van der Waals surface area contributed by atoms with E-state index >= 15 is 0 Å². The lowest BCUT2D eigenvalue weighted by molar-refractivity contribution is -0.121. The Labute approximate surface area is 165 Å². The number of nitriles is 1. The van der Waals surface area contributed by atoms with Crippen LogP contribution >= 0.6 is 11.3 Å². The first-order valence-corrected chi connectivity index (χ1v) is 10.1. The van der Waals surface area contributed by atoms with E-state index in [2.05, 4.69) is 29.9 Å². The predicted molar refractivity (Wildman–Crippen MR) is 111 cm³/mol. The van der Waals surface area contributed by atoms with Gasteiger partial charge in [0.2, 0.25) is 5.91 Å². The van der Waals surface area contributed by atoms with Crippen LogP contribution in [-0.4, -0.2) is 24.6 Å². The van der Waals surface area contributed by atoms with Crippen molar-refractivity contribution in [1.82, 2.24) is 5.32 Å². The summed E-state index contributed by atoms with van der Waals surface area (Å²) in [4.78, 5) is 12.4. The number of amides is 1. The van der Waals surface area contributed by atoms with E-state index in [9.17, 15) is 4.79 Å². The van der Waals surface area contributed by atoms with E-state index in [0.29, 0.717) is 12.3 Å². The van der Waals surface area contributed by atoms with Gasteiger partial charge in [-0.15, -0.1) is 11.3 Å². The van der Waals surface area contributed by atoms with Gasteiger partial charge >= 0.3 is 0 Å². The average molecular weight is 386 g/mol. The van der Waals surface area contributed by atoms with Crippen LogP contribution in [0.1, 0.15) is 34.1 Å². The number of nitrogens with zero attached hydrogens (tertiary/aromatic N) is 1. The van der Waals surface area contributed by atoms with Gasteiger partial charge in [-0.05, 0) is 43.9 Å². The molecule has 1 atom stereocenters. The first-order valence-electron chi connectivity index (χ1n) is 9.15. The molecule has 2 rings (SSSR count). The number of anilines is 1. The zero-order valence-corrected chi connectivity index (χ0v) is 17.1. The van der Waals surface area contributed by atoms with E-state index in [4.69, 9.17) is 10.00 Å². The van der Waals surface area contributed by atoms with Crippen LogP contribution in [-0.2, 0) is 4.79 Å². The number of rotatable bonds is 9. The van der Waals surface area contributed by atoms with Crippen molar-refractivity contribution in [3.63, 3.8) is 0 Å². The minimum Gasteiger partial charge on any atom is -0.491 e. The van der Waals surface area contributed by atoms with E-state index in [1.54, 1.807) is 11.3 Å². The maximum Gasteiger partial charge on any atom is 0.243 e. The van der Waals surface area contributed by atoms with Crippen molar-refractivity contribution < 1.29 is 9.53 Å². The summed E-state index contributed by atoms with van der Waals surface area (Å²) < 4.78 is 5.80. The number of ether oxygens (including phenoxy) is 1. The number of carbonyl (C=O) groups is 1. The summed E-state index contributed by atoms with van der Waals surface area (Å²) in [6, 6.07) is 9.53. The van der Waals surface area contributed by atoms with Crippen LogP contribution in [0.5, 0.6) is 5.75 Å². The van der Waals surface area contributed by atoms with Crippen molar-refractivity contribution in [2.45, 2.75) is 46.3 Å². The van der Waals surface area contributed by atoms with Crippen molar-refractivity contribution in [1.29, 1.82) is 5.26 Å². The predicted octanol–water partition coefficient (Wildman–Crippen LogP) is 4.67. The second-order valence-electron chi connectivity index (χ2n) is 7.10. The molecule has 1 aromatic heterocycles. The molecule has 0 saturated carbocycles. The normalized spacial score (nSPS) is 11.9. The summed E-state index contributed by atoms with van der Waals surface area (Å²) in [5, 5.41) is 18.8. The van der Waals surface area contributed by atoms with Crippen LogP contribution < -0.4 is 15.4 Å². The number of hydrogen-bond donors (Lipinski definition) is 2. The van der Waals surface area contributed by atoms with Gasteiger partial charge in [-0.1, -0.05) is 26.0 Å². The molecule has 0 spiro atoms. The minimum atomic E-state index is -0.387. The van der Waals surface area contributed by atoms with Crippen LogP contribution in [0.2, 0.25) is 0 Å². The summed E-state index contributed by atoms with van der Waals surface area (Å²) >= 11 is 1.58. The lowest BCUT2D eigenvalue weighted by Gasteiger charge is -2.21. The molecule has 0 aliphatic carbocycles. The second-order valence-corrected chi connectivity index (χ2v) is 7.84. The van der Waals surface area contributed by atoms with Crippen LogP contribution in [0, 0.1) is 17.2 Å². The van der Waals surface area contributed by atoms with E-state index in [-0.39, 0.29) is 24.6 Å². The third kappa shape index (κ3) is 6.30. The van der Waals surface area contributed by atoms with Gasteiger partial charge in [-0.25, -0.2) is 0 Å². The van der Waals surface area contributed by atoms with Gasteiger partial charge in [-0.2, -0.15) is 5.26 Å². The summed E-state index contributed by atoms with van der Waals surface area (Å²) in [7, 11) is 0. The largest absolute Gasteiger partial charge is 0.491 e. The molecule has 0 aliphatic rings. The molecule has 0 fully saturated rings. The molecule has 0 bridgehead atoms. The number of nitrogens with one attached hydrogen (secondary N) is 2. The molecule has 1 amide bonds. The molecule has 0 radical (unpaired) electrons. The molecule has 2 N–H and O–H groups in total. The van der Waals surface area contributed by atoms with Gasteiger partial charge in [-0.3, -0.25) is 4.79 Å². The highest BCUT2D eigenvalue weighted by Crippen LogP contribution is 2.34. The van der Waals surface area contributed by atoms with Gasteiger partial charge in [0.25, 0.3) is 0 Å². The van der Waals surface area contributed by atoms with E-state index < -0.39 is 0 Å². The number of hydrogen-bond acceptors (Lipinski definition) is 5. The van der Waals surface area contributed by atoms with Crippen LogP contribution in [0.3, 0.4) is 0 Å². The summed E-state index contributed by atoms with van der Waals surface area (Å²) in [5.74, 6) is 1.02. The van der Waals surface area contributed by atoms with Gasteiger partial charge in [0.15, 0.2) is 0 Å². The zero-order valence-electron chi connectivity index (χ0n) is 16.3. The average Bonchev–Trinajstić information content (AvgIpc) is 3.06. The van der Waals surface area contributed by atoms with Crippen molar-refractivity contribution in [2.75, 3.05) is 11.9 Å². The quantitative estimate of drug-likeness (QED) is 0.615. The standard InChI is InChI=1S/C21H27N3O2S/c1-14(2)10-19(21(25)23-9-8-22)24-20-13-27-12-18(20)16-6-5-7-17(11-16)26-15(3)4/h5-7,11-15,19,24H,9-10H2,1-4H3,(H,23,25)/t19-/m0/s1. The zero-order chi connectivity index (χ0) is 19.8. The SMILES string of the molecule is CC(C)C[C@H](Nc1cscc1-c1cccc(OC(C)C)c1)C(=O)NCC#N. The minimum absolute atomic E-state index is 0.0141. The molecule has 27 heavy (non-hydrogen) atoms. The molecule has 1 heterocycles. The Balaban J connectivity index is 2.23. The fraction of sp³-hybridized carbons (Fsp3) is 0.429. The molecule has 6 heteroatoms. The first-order chi connectivity index (χ1) is 12.9. The van der Waals surface area contributed by atoms with Gasteiger partial charge < -0.3 is 15.4 Å². The third-order valence-corrected chi connectivity index (χ3v) is 4.62. The number of benzene rings is 1. The molecule has 2 aromatic rings. The van der Waals surface area contributed by atoms with Crippen LogP contribution in [0.25, 0.3) is 11.1 Å². The Kier molecular flexibility index (Phi) is 7.68. The highest BCUT2D eigenvalue weighted by Gasteiger charge is 2.21. The third-order valence-electron chi connectivity index (χ3n) is 3.87. The summed E-state index contributed by atoms with van der Waals surface area (Å²) in [5.41, 5.74) is 2.99. The van der Waals surface area contributed by atoms with Crippen LogP contribution in [0.4, 0.5) is 5.69 Å². The van der Waals surface area contributed by atoms with Crippen molar-refractivity contribution in [2.24, 2.45) is 5.92 Å². The first kappa shape index (κ1) is 20.8. The molecule has 0 unspecified atom stereocenters. The Morgan fingerprint density at radius 2 is 2.04 bits per heavy atom. The molecule has 1 aromatic carbocycles. The number of thiophene rings is 1. The van der Waals surface area contributed by atoms with Gasteiger partial charge in [0.05, 0.1) is 17.9 Å². The molecular formula is C21H27N3O2S. The highest BCUT2D eigenvalue weighted by atomic mass is 32.1. The Morgan fingerprint density at radius 1 is 1.26 bits per heavy atom. The summed E-state index contributed by atoms with van der Waals surface area (Å²) in [6.45, 7) is 8.17. The van der Waals surface area contributed by atoms with Crippen molar-refractivity contribution >= 4 is 22.9 Å². The second kappa shape index (κ2) is 9.98. The van der Waals surface area contributed by atoms with E-state index in [1.165, 1.54) is 0 Å². The Morgan fingerprint density at radius 3 is 2.70 bits per heavy atom. The lowest BCUT2D eigenvalue weighted by Crippen LogP contribution is -2.40. The molecular weight excluding hydrogens is 358 g/mol. The fourth-order valence-electron chi connectivity index (χ4n) is 2.78. The van der Waals surface area contributed by atoms with Crippen molar-refractivity contribution in [3.05, 3.63) is 35.0 Å². The lowest BCUT2D eigenvalue weighted by atomic mass is 10.0. The Hall–Kier alpha value is -2.52. The number of carbonyl (C=O) groups excluding carboxylic acids is 1. The maximum atomic E-state index is 12.4. The van der Waals surface area contributed by atoms with Gasteiger partial charge in [0.1, 0.15) is 18.3 Å². The van der Waals surface area contributed by atoms with Gasteiger partial charge in [0, 0.05) is 16.3 Å². The smallest absolute Gasteiger partial charge is 0.243 e. The van der Waals surface area contributed by atoms with Crippen LogP contribution in [0.15, 0.2) is 35.0 Å². The van der Waals surface area contributed by atoms with Crippen molar-refractivity contribution in [3.8, 4) is 22.9 Å². The molecule has 0 aliphatic heterocycles. The topological polar surface area (TPSA) is 74.2 Å².